The molecule has 3 heteroatoms. The SMILES string of the molecule is CCOC(=O)C(C)=Cc1ccc(Cc2cnccc2C)cc1. The molecule has 0 spiro atoms. The van der Waals surface area contributed by atoms with Crippen LogP contribution < -0.4 is 0 Å². The quantitative estimate of drug-likeness (QED) is 0.619. The highest BCUT2D eigenvalue weighted by Gasteiger charge is 2.05. The Morgan fingerprint density at radius 2 is 1.95 bits per heavy atom. The van der Waals surface area contributed by atoms with E-state index in [-0.39, 0.29) is 5.97 Å². The average Bonchev–Trinajstić information content (AvgIpc) is 2.51. The highest BCUT2D eigenvalue weighted by atomic mass is 16.5. The fraction of sp³-hybridized carbons (Fsp3) is 0.263. The molecule has 22 heavy (non-hydrogen) atoms. The molecule has 3 nitrogen and oxygen atoms in total. The summed E-state index contributed by atoms with van der Waals surface area (Å²) in [7, 11) is 0. The van der Waals surface area contributed by atoms with Crippen molar-refractivity contribution in [3.8, 4) is 0 Å². The molecule has 0 aliphatic carbocycles. The zero-order valence-electron chi connectivity index (χ0n) is 13.3. The molecular formula is C19H21NO2. The first-order valence-corrected chi connectivity index (χ1v) is 7.44. The van der Waals surface area contributed by atoms with Crippen LogP contribution >= 0.6 is 0 Å². The molecule has 1 aromatic heterocycles. The summed E-state index contributed by atoms with van der Waals surface area (Å²) in [6.07, 6.45) is 6.43. The van der Waals surface area contributed by atoms with Crippen LogP contribution in [0.2, 0.25) is 0 Å². The van der Waals surface area contributed by atoms with Gasteiger partial charge in [0.05, 0.1) is 6.61 Å². The molecule has 114 valence electrons. The summed E-state index contributed by atoms with van der Waals surface area (Å²) in [6, 6.07) is 10.2. The van der Waals surface area contributed by atoms with Crippen LogP contribution in [-0.2, 0) is 16.0 Å². The zero-order valence-corrected chi connectivity index (χ0v) is 13.3. The van der Waals surface area contributed by atoms with Gasteiger partial charge in [-0.1, -0.05) is 24.3 Å². The van der Waals surface area contributed by atoms with Gasteiger partial charge in [0.2, 0.25) is 0 Å². The van der Waals surface area contributed by atoms with Gasteiger partial charge in [-0.3, -0.25) is 4.98 Å². The van der Waals surface area contributed by atoms with E-state index >= 15 is 0 Å². The third-order valence-corrected chi connectivity index (χ3v) is 3.50. The highest BCUT2D eigenvalue weighted by molar-refractivity contribution is 5.92. The number of carbonyl (C=O) groups excluding carboxylic acids is 1. The molecule has 2 aromatic rings. The van der Waals surface area contributed by atoms with Gasteiger partial charge in [-0.15, -0.1) is 0 Å². The largest absolute Gasteiger partial charge is 0.463 e. The number of aromatic nitrogens is 1. The number of aryl methyl sites for hydroxylation is 1. The predicted octanol–water partition coefficient (Wildman–Crippen LogP) is 3.95. The van der Waals surface area contributed by atoms with Crippen LogP contribution in [0, 0.1) is 6.92 Å². The summed E-state index contributed by atoms with van der Waals surface area (Å²) < 4.78 is 4.98. The molecule has 0 unspecified atom stereocenters. The Morgan fingerprint density at radius 3 is 2.59 bits per heavy atom. The summed E-state index contributed by atoms with van der Waals surface area (Å²) >= 11 is 0. The minimum Gasteiger partial charge on any atom is -0.463 e. The van der Waals surface area contributed by atoms with Crippen LogP contribution in [-0.4, -0.2) is 17.6 Å². The van der Waals surface area contributed by atoms with Gasteiger partial charge in [0, 0.05) is 18.0 Å². The third-order valence-electron chi connectivity index (χ3n) is 3.50. The number of nitrogens with zero attached hydrogens (tertiary/aromatic N) is 1. The molecule has 0 bridgehead atoms. The van der Waals surface area contributed by atoms with Crippen molar-refractivity contribution < 1.29 is 9.53 Å². The van der Waals surface area contributed by atoms with E-state index in [4.69, 9.17) is 4.74 Å². The van der Waals surface area contributed by atoms with Crippen LogP contribution in [0.5, 0.6) is 0 Å². The molecule has 0 N–H and O–H groups in total. The van der Waals surface area contributed by atoms with Gasteiger partial charge in [0.25, 0.3) is 0 Å². The van der Waals surface area contributed by atoms with Crippen molar-refractivity contribution in [3.63, 3.8) is 0 Å². The van der Waals surface area contributed by atoms with Crippen LogP contribution in [0.25, 0.3) is 6.08 Å². The van der Waals surface area contributed by atoms with Crippen molar-refractivity contribution in [2.24, 2.45) is 0 Å². The van der Waals surface area contributed by atoms with E-state index in [1.54, 1.807) is 13.8 Å². The summed E-state index contributed by atoms with van der Waals surface area (Å²) in [5.41, 5.74) is 5.31. The summed E-state index contributed by atoms with van der Waals surface area (Å²) in [5, 5.41) is 0. The smallest absolute Gasteiger partial charge is 0.333 e. The number of pyridine rings is 1. The number of benzene rings is 1. The molecule has 0 aliphatic heterocycles. The molecule has 0 atom stereocenters. The number of hydrogen-bond donors (Lipinski definition) is 0. The van der Waals surface area contributed by atoms with Gasteiger partial charge in [-0.05, 0) is 61.6 Å². The van der Waals surface area contributed by atoms with E-state index in [9.17, 15) is 4.79 Å². The lowest BCUT2D eigenvalue weighted by molar-refractivity contribution is -0.138. The monoisotopic (exact) mass is 295 g/mol. The van der Waals surface area contributed by atoms with Gasteiger partial charge in [-0.2, -0.15) is 0 Å². The van der Waals surface area contributed by atoms with Crippen LogP contribution in [0.1, 0.15) is 36.1 Å². The topological polar surface area (TPSA) is 39.2 Å². The second-order valence-corrected chi connectivity index (χ2v) is 5.27. The number of ether oxygens (including phenoxy) is 1. The number of hydrogen-bond acceptors (Lipinski definition) is 3. The van der Waals surface area contributed by atoms with Crippen molar-refractivity contribution in [1.29, 1.82) is 0 Å². The molecule has 0 amide bonds. The first kappa shape index (κ1) is 16.0. The van der Waals surface area contributed by atoms with Crippen molar-refractivity contribution in [2.75, 3.05) is 6.61 Å². The Morgan fingerprint density at radius 1 is 1.23 bits per heavy atom. The van der Waals surface area contributed by atoms with Gasteiger partial charge in [0.15, 0.2) is 0 Å². The van der Waals surface area contributed by atoms with E-state index in [2.05, 4.69) is 24.0 Å². The second kappa shape index (κ2) is 7.55. The molecule has 0 fully saturated rings. The fourth-order valence-electron chi connectivity index (χ4n) is 2.19. The molecule has 0 aliphatic rings. The maximum atomic E-state index is 11.6. The van der Waals surface area contributed by atoms with Gasteiger partial charge < -0.3 is 4.74 Å². The summed E-state index contributed by atoms with van der Waals surface area (Å²) in [6.45, 7) is 6.07. The first-order chi connectivity index (χ1) is 10.6. The van der Waals surface area contributed by atoms with E-state index < -0.39 is 0 Å². The number of rotatable bonds is 5. The van der Waals surface area contributed by atoms with E-state index in [0.29, 0.717) is 12.2 Å². The normalized spacial score (nSPS) is 11.3. The minimum atomic E-state index is -0.266. The summed E-state index contributed by atoms with van der Waals surface area (Å²) in [5.74, 6) is -0.266. The zero-order chi connectivity index (χ0) is 15.9. The van der Waals surface area contributed by atoms with Crippen LogP contribution in [0.3, 0.4) is 0 Å². The van der Waals surface area contributed by atoms with E-state index in [1.807, 2.05) is 36.7 Å². The van der Waals surface area contributed by atoms with Crippen molar-refractivity contribution in [1.82, 2.24) is 4.98 Å². The number of carbonyl (C=O) groups is 1. The van der Waals surface area contributed by atoms with E-state index in [0.717, 1.165) is 12.0 Å². The van der Waals surface area contributed by atoms with Gasteiger partial charge in [0.1, 0.15) is 0 Å². The standard InChI is InChI=1S/C19H21NO2/c1-4-22-19(21)15(3)11-16-5-7-17(8-6-16)12-18-13-20-10-9-14(18)2/h5-11,13H,4,12H2,1-3H3. The minimum absolute atomic E-state index is 0.266. The van der Waals surface area contributed by atoms with Crippen LogP contribution in [0.15, 0.2) is 48.3 Å². The Balaban J connectivity index is 2.09. The Bertz CT molecular complexity index is 672. The maximum Gasteiger partial charge on any atom is 0.333 e. The lowest BCUT2D eigenvalue weighted by Crippen LogP contribution is -2.04. The predicted molar refractivity (Wildman–Crippen MR) is 88.5 cm³/mol. The molecule has 0 saturated heterocycles. The van der Waals surface area contributed by atoms with E-state index in [1.165, 1.54) is 16.7 Å². The Labute approximate surface area is 131 Å². The molecule has 0 saturated carbocycles. The van der Waals surface area contributed by atoms with Crippen molar-refractivity contribution >= 4 is 12.0 Å². The Kier molecular flexibility index (Phi) is 5.48. The van der Waals surface area contributed by atoms with Crippen LogP contribution in [0.4, 0.5) is 0 Å². The first-order valence-electron chi connectivity index (χ1n) is 7.44. The lowest BCUT2D eigenvalue weighted by atomic mass is 10.0. The van der Waals surface area contributed by atoms with Crippen molar-refractivity contribution in [3.05, 3.63) is 70.6 Å². The fourth-order valence-corrected chi connectivity index (χ4v) is 2.19. The van der Waals surface area contributed by atoms with Crippen molar-refractivity contribution in [2.45, 2.75) is 27.2 Å². The number of esters is 1. The molecule has 1 heterocycles. The highest BCUT2D eigenvalue weighted by Crippen LogP contribution is 2.15. The second-order valence-electron chi connectivity index (χ2n) is 5.27. The molecule has 2 rings (SSSR count). The average molecular weight is 295 g/mol. The Hall–Kier alpha value is -2.42. The molecule has 1 aromatic carbocycles. The van der Waals surface area contributed by atoms with Gasteiger partial charge in [-0.25, -0.2) is 4.79 Å². The maximum absolute atomic E-state index is 11.6. The molecule has 0 radical (unpaired) electrons. The van der Waals surface area contributed by atoms with Gasteiger partial charge >= 0.3 is 5.97 Å². The summed E-state index contributed by atoms with van der Waals surface area (Å²) in [4.78, 5) is 15.8. The third kappa shape index (κ3) is 4.29. The molecular weight excluding hydrogens is 274 g/mol. The lowest BCUT2D eigenvalue weighted by Gasteiger charge is -2.06.